The standard InChI is InChI=1S/C13H10O5/c1-8(13(15)16)7-17-10-4-2-9-3-5-12(14)18-11(9)6-10/h2-6H,1,7H2,(H,15,16). The minimum absolute atomic E-state index is 0.0513. The summed E-state index contributed by atoms with van der Waals surface area (Å²) in [4.78, 5) is 21.6. The quantitative estimate of drug-likeness (QED) is 0.657. The van der Waals surface area contributed by atoms with Crippen LogP contribution in [0.15, 0.2) is 51.7 Å². The largest absolute Gasteiger partial charge is 0.489 e. The van der Waals surface area contributed by atoms with Crippen molar-refractivity contribution < 1.29 is 19.1 Å². The predicted octanol–water partition coefficient (Wildman–Crippen LogP) is 1.81. The summed E-state index contributed by atoms with van der Waals surface area (Å²) in [6.45, 7) is 3.22. The second kappa shape index (κ2) is 4.75. The number of ether oxygens (including phenoxy) is 1. The Kier molecular flexibility index (Phi) is 3.14. The monoisotopic (exact) mass is 246 g/mol. The Morgan fingerprint density at radius 1 is 1.33 bits per heavy atom. The summed E-state index contributed by atoms with van der Waals surface area (Å²) in [7, 11) is 0. The zero-order valence-electron chi connectivity index (χ0n) is 9.38. The molecule has 2 rings (SSSR count). The second-order valence-corrected chi connectivity index (χ2v) is 3.65. The van der Waals surface area contributed by atoms with Crippen LogP contribution in [0.5, 0.6) is 5.75 Å². The molecule has 1 aromatic heterocycles. The lowest BCUT2D eigenvalue weighted by Crippen LogP contribution is -2.08. The number of carboxylic acids is 1. The van der Waals surface area contributed by atoms with Gasteiger partial charge in [0.2, 0.25) is 0 Å². The van der Waals surface area contributed by atoms with E-state index in [2.05, 4.69) is 6.58 Å². The SMILES string of the molecule is C=C(COc1ccc2ccc(=O)oc2c1)C(=O)O. The lowest BCUT2D eigenvalue weighted by Gasteiger charge is -2.06. The second-order valence-electron chi connectivity index (χ2n) is 3.65. The Labute approximate surface area is 102 Å². The maximum absolute atomic E-state index is 11.1. The van der Waals surface area contributed by atoms with Crippen LogP contribution in [0.4, 0.5) is 0 Å². The summed E-state index contributed by atoms with van der Waals surface area (Å²) < 4.78 is 10.2. The summed E-state index contributed by atoms with van der Waals surface area (Å²) in [5.41, 5.74) is -0.111. The van der Waals surface area contributed by atoms with Gasteiger partial charge in [-0.25, -0.2) is 9.59 Å². The highest BCUT2D eigenvalue weighted by Crippen LogP contribution is 2.19. The first-order chi connectivity index (χ1) is 8.56. The fourth-order valence-corrected chi connectivity index (χ4v) is 1.36. The van der Waals surface area contributed by atoms with E-state index in [4.69, 9.17) is 14.3 Å². The van der Waals surface area contributed by atoms with Crippen LogP contribution in [-0.2, 0) is 4.79 Å². The maximum Gasteiger partial charge on any atom is 0.336 e. The molecule has 0 bridgehead atoms. The van der Waals surface area contributed by atoms with Gasteiger partial charge < -0.3 is 14.3 Å². The van der Waals surface area contributed by atoms with Crippen LogP contribution in [0, 0.1) is 0 Å². The molecule has 0 saturated carbocycles. The number of hydrogen-bond donors (Lipinski definition) is 1. The van der Waals surface area contributed by atoms with Crippen molar-refractivity contribution >= 4 is 16.9 Å². The minimum atomic E-state index is -1.11. The van der Waals surface area contributed by atoms with Crippen molar-refractivity contribution in [3.8, 4) is 5.75 Å². The van der Waals surface area contributed by atoms with Gasteiger partial charge in [0.25, 0.3) is 0 Å². The third-order valence-corrected chi connectivity index (χ3v) is 2.31. The van der Waals surface area contributed by atoms with E-state index in [1.165, 1.54) is 12.1 Å². The molecule has 0 fully saturated rings. The van der Waals surface area contributed by atoms with Crippen molar-refractivity contribution in [3.05, 3.63) is 52.9 Å². The lowest BCUT2D eigenvalue weighted by molar-refractivity contribution is -0.133. The van der Waals surface area contributed by atoms with Crippen LogP contribution in [0.1, 0.15) is 0 Å². The number of hydrogen-bond acceptors (Lipinski definition) is 4. The number of carbonyl (C=O) groups is 1. The summed E-state index contributed by atoms with van der Waals surface area (Å²) in [6, 6.07) is 7.89. The first kappa shape index (κ1) is 11.9. The summed E-state index contributed by atoms with van der Waals surface area (Å²) in [6.07, 6.45) is 0. The number of aliphatic carboxylic acids is 1. The summed E-state index contributed by atoms with van der Waals surface area (Å²) in [5, 5.41) is 9.39. The molecule has 0 unspecified atom stereocenters. The van der Waals surface area contributed by atoms with Crippen LogP contribution < -0.4 is 10.4 Å². The Morgan fingerprint density at radius 2 is 2.06 bits per heavy atom. The molecule has 0 saturated heterocycles. The fraction of sp³-hybridized carbons (Fsp3) is 0.0769. The first-order valence-corrected chi connectivity index (χ1v) is 5.14. The Balaban J connectivity index is 2.22. The van der Waals surface area contributed by atoms with E-state index >= 15 is 0 Å². The molecule has 0 aliphatic carbocycles. The van der Waals surface area contributed by atoms with Gasteiger partial charge in [0.05, 0.1) is 5.57 Å². The third-order valence-electron chi connectivity index (χ3n) is 2.31. The molecule has 0 aliphatic heterocycles. The number of rotatable bonds is 4. The minimum Gasteiger partial charge on any atom is -0.489 e. The van der Waals surface area contributed by atoms with Gasteiger partial charge in [-0.3, -0.25) is 0 Å². The normalized spacial score (nSPS) is 10.2. The molecular weight excluding hydrogens is 236 g/mol. The highest BCUT2D eigenvalue weighted by molar-refractivity contribution is 5.86. The average Bonchev–Trinajstić information content (AvgIpc) is 2.35. The summed E-state index contributed by atoms with van der Waals surface area (Å²) >= 11 is 0. The van der Waals surface area contributed by atoms with Gasteiger partial charge in [-0.2, -0.15) is 0 Å². The zero-order valence-corrected chi connectivity index (χ0v) is 9.38. The van der Waals surface area contributed by atoms with Crippen molar-refractivity contribution in [3.63, 3.8) is 0 Å². The Bertz CT molecular complexity index is 668. The van der Waals surface area contributed by atoms with Gasteiger partial charge in [0.15, 0.2) is 0 Å². The van der Waals surface area contributed by atoms with Crippen LogP contribution >= 0.6 is 0 Å². The smallest absolute Gasteiger partial charge is 0.336 e. The van der Waals surface area contributed by atoms with Gasteiger partial charge >= 0.3 is 11.6 Å². The van der Waals surface area contributed by atoms with Crippen molar-refractivity contribution in [1.82, 2.24) is 0 Å². The van der Waals surface area contributed by atoms with Crippen LogP contribution in [0.2, 0.25) is 0 Å². The van der Waals surface area contributed by atoms with E-state index in [1.807, 2.05) is 0 Å². The molecule has 1 aromatic carbocycles. The topological polar surface area (TPSA) is 76.7 Å². The van der Waals surface area contributed by atoms with Crippen LogP contribution in [-0.4, -0.2) is 17.7 Å². The number of carboxylic acid groups (broad SMARTS) is 1. The molecule has 0 spiro atoms. The van der Waals surface area contributed by atoms with E-state index in [-0.39, 0.29) is 12.2 Å². The fourth-order valence-electron chi connectivity index (χ4n) is 1.36. The first-order valence-electron chi connectivity index (χ1n) is 5.14. The van der Waals surface area contributed by atoms with E-state index in [0.29, 0.717) is 11.3 Å². The molecule has 1 N–H and O–H groups in total. The highest BCUT2D eigenvalue weighted by Gasteiger charge is 2.05. The molecule has 92 valence electrons. The van der Waals surface area contributed by atoms with Crippen LogP contribution in [0.25, 0.3) is 11.0 Å². The lowest BCUT2D eigenvalue weighted by atomic mass is 10.2. The average molecular weight is 246 g/mol. The van der Waals surface area contributed by atoms with Crippen molar-refractivity contribution in [1.29, 1.82) is 0 Å². The van der Waals surface area contributed by atoms with Crippen LogP contribution in [0.3, 0.4) is 0 Å². The Morgan fingerprint density at radius 3 is 2.78 bits per heavy atom. The predicted molar refractivity (Wildman–Crippen MR) is 64.8 cm³/mol. The molecule has 1 heterocycles. The maximum atomic E-state index is 11.1. The molecule has 0 aliphatic rings. The Hall–Kier alpha value is -2.56. The third kappa shape index (κ3) is 2.57. The van der Waals surface area contributed by atoms with Gasteiger partial charge in [-0.05, 0) is 18.2 Å². The van der Waals surface area contributed by atoms with E-state index in [9.17, 15) is 9.59 Å². The van der Waals surface area contributed by atoms with Crippen molar-refractivity contribution in [2.24, 2.45) is 0 Å². The van der Waals surface area contributed by atoms with E-state index in [0.717, 1.165) is 5.39 Å². The molecule has 0 radical (unpaired) electrons. The molecule has 5 nitrogen and oxygen atoms in total. The van der Waals surface area contributed by atoms with Crippen molar-refractivity contribution in [2.75, 3.05) is 6.61 Å². The van der Waals surface area contributed by atoms with Gasteiger partial charge in [0.1, 0.15) is 17.9 Å². The molecule has 0 atom stereocenters. The van der Waals surface area contributed by atoms with E-state index in [1.54, 1.807) is 18.2 Å². The number of benzene rings is 1. The molecule has 5 heteroatoms. The summed E-state index contributed by atoms with van der Waals surface area (Å²) in [5.74, 6) is -0.693. The van der Waals surface area contributed by atoms with Crippen molar-refractivity contribution in [2.45, 2.75) is 0 Å². The molecule has 18 heavy (non-hydrogen) atoms. The zero-order chi connectivity index (χ0) is 13.1. The number of fused-ring (bicyclic) bond motifs is 1. The highest BCUT2D eigenvalue weighted by atomic mass is 16.5. The van der Waals surface area contributed by atoms with E-state index < -0.39 is 11.6 Å². The van der Waals surface area contributed by atoms with Gasteiger partial charge in [0, 0.05) is 17.5 Å². The molecule has 0 amide bonds. The molecular formula is C13H10O5. The van der Waals surface area contributed by atoms with Gasteiger partial charge in [-0.1, -0.05) is 6.58 Å². The van der Waals surface area contributed by atoms with Gasteiger partial charge in [-0.15, -0.1) is 0 Å². The molecule has 2 aromatic rings.